The fraction of sp³-hybridized carbons (Fsp3) is 0.895. The normalized spacial score (nSPS) is 41.2. The summed E-state index contributed by atoms with van der Waals surface area (Å²) in [6.07, 6.45) is 2.66. The van der Waals surface area contributed by atoms with Crippen LogP contribution in [0, 0.1) is 5.41 Å². The fourth-order valence-electron chi connectivity index (χ4n) is 9.98. The summed E-state index contributed by atoms with van der Waals surface area (Å²) in [5, 5.41) is 147. The van der Waals surface area contributed by atoms with Crippen LogP contribution in [0.5, 0.6) is 0 Å². The molecule has 544 valence electrons. The predicted octanol–water partition coefficient (Wildman–Crippen LogP) is -13.5. The van der Waals surface area contributed by atoms with Gasteiger partial charge in [0.05, 0.1) is 39.6 Å². The van der Waals surface area contributed by atoms with Gasteiger partial charge in [0.2, 0.25) is 17.4 Å². The zero-order valence-electron chi connectivity index (χ0n) is 58.2. The van der Waals surface area contributed by atoms with Crippen molar-refractivity contribution >= 4 is 37.6 Å². The molecule has 36 heteroatoms. The maximum atomic E-state index is 12.1. The number of nitrogens with two attached hydrogens (primary N) is 1. The molecule has 0 aromatic carbocycles. The van der Waals surface area contributed by atoms with Crippen LogP contribution in [-0.2, 0) is 66.6 Å². The van der Waals surface area contributed by atoms with Gasteiger partial charge in [-0.1, -0.05) is 13.8 Å². The Morgan fingerprint density at radius 1 is 0.419 bits per heavy atom. The Morgan fingerprint density at radius 2 is 0.688 bits per heavy atom. The molecule has 0 bridgehead atoms. The summed E-state index contributed by atoms with van der Waals surface area (Å²) in [5.74, 6) is -12.6. The van der Waals surface area contributed by atoms with Crippen molar-refractivity contribution in [3.63, 3.8) is 0 Å². The molecule has 3 saturated heterocycles. The van der Waals surface area contributed by atoms with Crippen LogP contribution in [0.25, 0.3) is 0 Å². The SMILES string of the molecule is CC(C=O)(CO)OC(C)(C=O)OCC1(C)OC(C)(O)C(C)(O)C(C)(O)C1(C)O.CC1(O)OC(C)(CO)C(C)(O)C(C)(O)C1(C)C.CN.CN=CC(C)(CO)OC(C)(C=O)OCC(C)(C=O)OC(C)(C=O)OCC1(C)OC(C)(O)C(C)(O)C(C)(O)C1(C)O.[Na+].[O-][I+3]([O-])([O-])[O-]. The minimum Gasteiger partial charge on any atom is -0.393 e. The Morgan fingerprint density at radius 3 is 0.957 bits per heavy atom. The molecule has 3 fully saturated rings. The van der Waals surface area contributed by atoms with Crippen molar-refractivity contribution in [3.8, 4) is 0 Å². The van der Waals surface area contributed by atoms with Crippen molar-refractivity contribution in [2.45, 2.75) is 265 Å². The van der Waals surface area contributed by atoms with E-state index in [1.54, 1.807) is 13.8 Å². The molecule has 0 aromatic rings. The minimum atomic E-state index is -5.94. The summed E-state index contributed by atoms with van der Waals surface area (Å²) in [6, 6.07) is 0. The molecule has 0 radical (unpaired) electrons. The van der Waals surface area contributed by atoms with Gasteiger partial charge in [0, 0.05) is 18.7 Å². The molecule has 0 saturated carbocycles. The first-order valence-corrected chi connectivity index (χ1v) is 31.8. The van der Waals surface area contributed by atoms with Crippen LogP contribution < -0.4 is 69.1 Å². The fourth-order valence-corrected chi connectivity index (χ4v) is 9.98. The first kappa shape index (κ1) is 95.8. The molecule has 20 atom stereocenters. The number of aliphatic hydroxyl groups is 14. The first-order chi connectivity index (χ1) is 40.4. The van der Waals surface area contributed by atoms with Crippen molar-refractivity contribution < 1.29 is 201 Å². The number of aliphatic imine (C=N–C) groups is 1. The van der Waals surface area contributed by atoms with Crippen LogP contribution >= 0.6 is 0 Å². The second kappa shape index (κ2) is 31.3. The van der Waals surface area contributed by atoms with Crippen molar-refractivity contribution in [3.05, 3.63) is 0 Å². The zero-order chi connectivity index (χ0) is 74.6. The number of nitrogens with zero attached hydrogens (tertiary/aromatic N) is 1. The number of ether oxygens (including phenoxy) is 9. The molecule has 0 amide bonds. The van der Waals surface area contributed by atoms with E-state index in [0.29, 0.717) is 18.9 Å². The molecule has 3 rings (SSSR count). The second-order valence-corrected chi connectivity index (χ2v) is 29.3. The minimum absolute atomic E-state index is 0. The number of carbonyl (C=O) groups is 5. The number of halogens is 1. The molecule has 3 heterocycles. The largest absolute Gasteiger partial charge is 1.00 e. The monoisotopic (exact) mass is 1480 g/mol. The Balaban J connectivity index is -0.00000132. The Bertz CT molecular complexity index is 2500. The smallest absolute Gasteiger partial charge is 0.393 e. The van der Waals surface area contributed by atoms with E-state index < -0.39 is 178 Å². The average Bonchev–Trinajstić information content (AvgIpc) is 0.710. The van der Waals surface area contributed by atoms with Crippen LogP contribution in [0.1, 0.15) is 152 Å². The molecule has 0 spiro atoms. The molecule has 20 unspecified atom stereocenters. The molecule has 3 aliphatic heterocycles. The van der Waals surface area contributed by atoms with E-state index in [4.69, 9.17) is 56.4 Å². The van der Waals surface area contributed by atoms with E-state index in [1.807, 2.05) is 0 Å². The van der Waals surface area contributed by atoms with Gasteiger partial charge < -0.3 is 129 Å². The van der Waals surface area contributed by atoms with Crippen LogP contribution in [-0.4, -0.2) is 276 Å². The Hall–Kier alpha value is -1.37. The van der Waals surface area contributed by atoms with Crippen molar-refractivity contribution in [1.29, 1.82) is 0 Å². The number of carbonyl (C=O) groups excluding carboxylic acids is 5. The third kappa shape index (κ3) is 19.4. The van der Waals surface area contributed by atoms with E-state index in [1.165, 1.54) is 103 Å². The maximum Gasteiger partial charge on any atom is 1.00 e. The third-order valence-corrected chi connectivity index (χ3v) is 19.0. The number of hydrogen-bond donors (Lipinski definition) is 15. The van der Waals surface area contributed by atoms with Gasteiger partial charge in [-0.15, -0.1) is 0 Å². The van der Waals surface area contributed by atoms with Gasteiger partial charge in [0.15, 0.2) is 48.8 Å². The Labute approximate surface area is 571 Å². The van der Waals surface area contributed by atoms with E-state index in [0.717, 1.165) is 55.4 Å². The first-order valence-electron chi connectivity index (χ1n) is 28.3. The summed E-state index contributed by atoms with van der Waals surface area (Å²) < 4.78 is 84.3. The summed E-state index contributed by atoms with van der Waals surface area (Å²) >= 11 is -5.94. The van der Waals surface area contributed by atoms with Gasteiger partial charge >= 0.3 is 29.6 Å². The van der Waals surface area contributed by atoms with E-state index in [9.17, 15) is 95.5 Å². The second-order valence-electron chi connectivity index (χ2n) is 27.1. The van der Waals surface area contributed by atoms with Crippen LogP contribution in [0.3, 0.4) is 0 Å². The zero-order valence-corrected chi connectivity index (χ0v) is 62.4. The quantitative estimate of drug-likeness (QED) is 0.0140. The molecular weight excluding hydrogens is 1370 g/mol. The van der Waals surface area contributed by atoms with Crippen LogP contribution in [0.4, 0.5) is 0 Å². The van der Waals surface area contributed by atoms with Gasteiger partial charge in [-0.05, 0) is 146 Å². The van der Waals surface area contributed by atoms with E-state index in [-0.39, 0.29) is 42.1 Å². The van der Waals surface area contributed by atoms with Gasteiger partial charge in [-0.2, -0.15) is 0 Å². The summed E-state index contributed by atoms with van der Waals surface area (Å²) in [5.41, 5.74) is -23.9. The predicted molar refractivity (Wildman–Crippen MR) is 307 cm³/mol. The number of rotatable bonds is 24. The molecular formula is C57H106IN2NaO32. The number of aldehydes is 5. The number of hydrogen-bond acceptors (Lipinski definition) is 34. The van der Waals surface area contributed by atoms with Crippen molar-refractivity contribution in [2.75, 3.05) is 53.7 Å². The summed E-state index contributed by atoms with van der Waals surface area (Å²) in [7, 11) is 2.94. The standard InChI is InChI=1S/C26H45NO13.C18H32O10.C12H24O5.CH5N.IO4.Na/c1-18(12-28,11-27-10)38-21(4,14-30)36-16-19(2,13-29)39-22(5,15-31)37-17-20(3)23(6,32)24(7,33)25(8,34)26(9,35)40-20;1-12(8-19,9-20)27-14(3,10-21)26-11-13(2)15(4,22)16(5,23)17(6,24)18(7,25)28-13;1-8(2)10(4,14)11(5,15)9(3,7-13)17-12(8,6)16;1-2;2-1(3,4)5;/h11,13-15,28,32-35H,12,16-17H2,1-10H3;8,10,20,22-25H,9,11H2,1-7H3;13-16H,7H2,1-6H3;2H2,1H3;;/q;;;;-1;+1. The van der Waals surface area contributed by atoms with Gasteiger partial charge in [-0.3, -0.25) is 33.1 Å². The van der Waals surface area contributed by atoms with Crippen LogP contribution in [0.15, 0.2) is 4.99 Å². The molecule has 93 heavy (non-hydrogen) atoms. The molecule has 0 aromatic heterocycles. The van der Waals surface area contributed by atoms with E-state index in [2.05, 4.69) is 10.7 Å². The Kier molecular flexibility index (Phi) is 32.2. The molecule has 34 nitrogen and oxygen atoms in total. The number of aliphatic hydroxyl groups excluding tert-OH is 3. The molecule has 0 aliphatic carbocycles. The topological polar surface area (TPSA) is 582 Å². The van der Waals surface area contributed by atoms with E-state index >= 15 is 0 Å². The van der Waals surface area contributed by atoms with Crippen molar-refractivity contribution in [2.24, 2.45) is 16.1 Å². The molecule has 16 N–H and O–H groups in total. The molecule has 3 aliphatic rings. The van der Waals surface area contributed by atoms with Crippen molar-refractivity contribution in [1.82, 2.24) is 0 Å². The van der Waals surface area contributed by atoms with Gasteiger partial charge in [0.1, 0.15) is 98.5 Å². The summed E-state index contributed by atoms with van der Waals surface area (Å²) in [4.78, 5) is 62.5. The third-order valence-electron chi connectivity index (χ3n) is 19.0. The van der Waals surface area contributed by atoms with Gasteiger partial charge in [0.25, 0.3) is 0 Å². The van der Waals surface area contributed by atoms with Gasteiger partial charge in [-0.25, -0.2) is 0 Å². The average molecular weight is 1480 g/mol. The maximum absolute atomic E-state index is 12.1. The summed E-state index contributed by atoms with van der Waals surface area (Å²) in [6.45, 7) is 24.4. The van der Waals surface area contributed by atoms with Crippen LogP contribution in [0.2, 0.25) is 0 Å².